The number of aldehydes is 1. The highest BCUT2D eigenvalue weighted by Gasteiger charge is 2.20. The van der Waals surface area contributed by atoms with Crippen LogP contribution in [-0.2, 0) is 16.0 Å². The molecule has 0 bridgehead atoms. The zero-order valence-corrected chi connectivity index (χ0v) is 9.35. The number of benzene rings is 1. The molecule has 0 saturated heterocycles. The van der Waals surface area contributed by atoms with Gasteiger partial charge in [0, 0.05) is 11.3 Å². The number of aliphatic hydroxyl groups is 1. The lowest BCUT2D eigenvalue weighted by molar-refractivity contribution is -0.147. The Bertz CT molecular complexity index is 403. The van der Waals surface area contributed by atoms with Crippen LogP contribution < -0.4 is 0 Å². The van der Waals surface area contributed by atoms with Crippen molar-refractivity contribution in [2.24, 2.45) is 0 Å². The topological polar surface area (TPSA) is 74.6 Å². The van der Waals surface area contributed by atoms with Crippen LogP contribution in [0.1, 0.15) is 23.7 Å². The van der Waals surface area contributed by atoms with Gasteiger partial charge in [-0.1, -0.05) is 12.1 Å². The zero-order valence-electron chi connectivity index (χ0n) is 8.46. The van der Waals surface area contributed by atoms with Gasteiger partial charge in [0.2, 0.25) is 0 Å². The molecular weight excluding hydrogens is 228 g/mol. The molecule has 0 aromatic heterocycles. The van der Waals surface area contributed by atoms with Crippen LogP contribution >= 0.6 is 12.6 Å². The largest absolute Gasteiger partial charge is 0.479 e. The minimum absolute atomic E-state index is 0.275. The van der Waals surface area contributed by atoms with Gasteiger partial charge in [0.1, 0.15) is 6.29 Å². The van der Waals surface area contributed by atoms with Crippen LogP contribution in [0.15, 0.2) is 23.1 Å². The highest BCUT2D eigenvalue weighted by molar-refractivity contribution is 7.80. The van der Waals surface area contributed by atoms with Crippen molar-refractivity contribution >= 4 is 24.9 Å². The lowest BCUT2D eigenvalue weighted by atomic mass is 9.99. The quantitative estimate of drug-likeness (QED) is 0.534. The molecule has 0 fully saturated rings. The van der Waals surface area contributed by atoms with Gasteiger partial charge in [0.05, 0.1) is 0 Å². The number of carboxylic acids is 1. The second-order valence-electron chi connectivity index (χ2n) is 3.29. The molecule has 4 nitrogen and oxygen atoms in total. The predicted octanol–water partition coefficient (Wildman–Crippen LogP) is 1.22. The van der Waals surface area contributed by atoms with Crippen LogP contribution in [0.3, 0.4) is 0 Å². The van der Waals surface area contributed by atoms with E-state index in [2.05, 4.69) is 12.6 Å². The van der Waals surface area contributed by atoms with E-state index in [1.54, 1.807) is 12.1 Å². The van der Waals surface area contributed by atoms with Crippen molar-refractivity contribution in [3.05, 3.63) is 29.3 Å². The number of carboxylic acid groups (broad SMARTS) is 1. The van der Waals surface area contributed by atoms with Crippen molar-refractivity contribution in [2.75, 3.05) is 0 Å². The van der Waals surface area contributed by atoms with E-state index in [0.29, 0.717) is 22.4 Å². The first-order valence-corrected chi connectivity index (χ1v) is 5.18. The third-order valence-corrected chi connectivity index (χ3v) is 2.65. The highest BCUT2D eigenvalue weighted by Crippen LogP contribution is 2.25. The first kappa shape index (κ1) is 12.7. The summed E-state index contributed by atoms with van der Waals surface area (Å²) in [6.07, 6.45) is -0.176. The third-order valence-electron chi connectivity index (χ3n) is 2.23. The number of hydrogen-bond acceptors (Lipinski definition) is 4. The Hall–Kier alpha value is -1.33. The summed E-state index contributed by atoms with van der Waals surface area (Å²) in [5.74, 6) is -1.31. The smallest absolute Gasteiger partial charge is 0.337 e. The van der Waals surface area contributed by atoms with Crippen LogP contribution in [0.4, 0.5) is 0 Å². The second kappa shape index (κ2) is 5.67. The van der Waals surface area contributed by atoms with E-state index in [0.717, 1.165) is 6.29 Å². The fraction of sp³-hybridized carbons (Fsp3) is 0.273. The van der Waals surface area contributed by atoms with Crippen molar-refractivity contribution in [3.8, 4) is 0 Å². The fourth-order valence-electron chi connectivity index (χ4n) is 1.46. The van der Waals surface area contributed by atoms with Crippen molar-refractivity contribution < 1.29 is 19.8 Å². The molecule has 0 amide bonds. The number of carbonyl (C=O) groups is 2. The van der Waals surface area contributed by atoms with E-state index in [1.807, 2.05) is 0 Å². The SMILES string of the molecule is O=CCCc1c(S)cccc1C(O)C(=O)O. The number of carbonyl (C=O) groups excluding carboxylic acids is 1. The Morgan fingerprint density at radius 1 is 1.50 bits per heavy atom. The van der Waals surface area contributed by atoms with Gasteiger partial charge in [-0.15, -0.1) is 12.6 Å². The first-order valence-electron chi connectivity index (χ1n) is 4.73. The normalized spacial score (nSPS) is 12.1. The number of thiol groups is 1. The highest BCUT2D eigenvalue weighted by atomic mass is 32.1. The molecule has 86 valence electrons. The maximum absolute atomic E-state index is 10.7. The van der Waals surface area contributed by atoms with Crippen LogP contribution in [0.2, 0.25) is 0 Å². The number of aliphatic hydroxyl groups excluding tert-OH is 1. The van der Waals surface area contributed by atoms with Crippen molar-refractivity contribution in [2.45, 2.75) is 23.8 Å². The van der Waals surface area contributed by atoms with Gasteiger partial charge in [-0.25, -0.2) is 4.79 Å². The molecule has 0 spiro atoms. The minimum atomic E-state index is -1.58. The fourth-order valence-corrected chi connectivity index (χ4v) is 1.78. The predicted molar refractivity (Wildman–Crippen MR) is 60.7 cm³/mol. The van der Waals surface area contributed by atoms with Crippen molar-refractivity contribution in [1.82, 2.24) is 0 Å². The summed E-state index contributed by atoms with van der Waals surface area (Å²) < 4.78 is 0. The van der Waals surface area contributed by atoms with E-state index in [9.17, 15) is 14.7 Å². The van der Waals surface area contributed by atoms with Crippen LogP contribution in [0.5, 0.6) is 0 Å². The van der Waals surface area contributed by atoms with Crippen LogP contribution in [0, 0.1) is 0 Å². The standard InChI is InChI=1S/C11H12O4S/c12-6-2-4-7-8(10(13)11(14)15)3-1-5-9(7)16/h1,3,5-6,10,13,16H,2,4H2,(H,14,15). The monoisotopic (exact) mass is 240 g/mol. The lowest BCUT2D eigenvalue weighted by Gasteiger charge is -2.13. The molecule has 1 atom stereocenters. The van der Waals surface area contributed by atoms with Gasteiger partial charge < -0.3 is 15.0 Å². The average molecular weight is 240 g/mol. The summed E-state index contributed by atoms with van der Waals surface area (Å²) in [4.78, 5) is 21.6. The maximum Gasteiger partial charge on any atom is 0.337 e. The number of hydrogen-bond donors (Lipinski definition) is 3. The Balaban J connectivity index is 3.11. The molecule has 5 heteroatoms. The van der Waals surface area contributed by atoms with Gasteiger partial charge in [-0.05, 0) is 23.6 Å². The Kier molecular flexibility index (Phi) is 4.52. The van der Waals surface area contributed by atoms with E-state index >= 15 is 0 Å². The van der Waals surface area contributed by atoms with Gasteiger partial charge in [-0.3, -0.25) is 0 Å². The van der Waals surface area contributed by atoms with Gasteiger partial charge in [0.15, 0.2) is 6.10 Å². The van der Waals surface area contributed by atoms with Gasteiger partial charge >= 0.3 is 5.97 Å². The van der Waals surface area contributed by atoms with Crippen molar-refractivity contribution in [1.29, 1.82) is 0 Å². The van der Waals surface area contributed by atoms with Gasteiger partial charge in [-0.2, -0.15) is 0 Å². The molecule has 0 aliphatic rings. The van der Waals surface area contributed by atoms with E-state index in [1.165, 1.54) is 6.07 Å². The summed E-state index contributed by atoms with van der Waals surface area (Å²) in [7, 11) is 0. The summed E-state index contributed by atoms with van der Waals surface area (Å²) in [6, 6.07) is 4.84. The Labute approximate surface area is 98.3 Å². The molecule has 0 aliphatic heterocycles. The summed E-state index contributed by atoms with van der Waals surface area (Å²) in [5, 5.41) is 18.2. The van der Waals surface area contributed by atoms with E-state index in [-0.39, 0.29) is 6.42 Å². The lowest BCUT2D eigenvalue weighted by Crippen LogP contribution is -2.13. The maximum atomic E-state index is 10.7. The van der Waals surface area contributed by atoms with Crippen LogP contribution in [0.25, 0.3) is 0 Å². The zero-order chi connectivity index (χ0) is 12.1. The third kappa shape index (κ3) is 2.84. The molecule has 0 saturated carbocycles. The van der Waals surface area contributed by atoms with Crippen LogP contribution in [-0.4, -0.2) is 22.5 Å². The molecule has 1 rings (SSSR count). The van der Waals surface area contributed by atoms with E-state index in [4.69, 9.17) is 5.11 Å². The summed E-state index contributed by atoms with van der Waals surface area (Å²) in [6.45, 7) is 0. The Morgan fingerprint density at radius 2 is 2.19 bits per heavy atom. The van der Waals surface area contributed by atoms with Crippen molar-refractivity contribution in [3.63, 3.8) is 0 Å². The molecule has 1 unspecified atom stereocenters. The van der Waals surface area contributed by atoms with E-state index < -0.39 is 12.1 Å². The van der Waals surface area contributed by atoms with Gasteiger partial charge in [0.25, 0.3) is 0 Å². The molecule has 0 heterocycles. The summed E-state index contributed by atoms with van der Waals surface area (Å²) in [5.41, 5.74) is 0.898. The second-order valence-corrected chi connectivity index (χ2v) is 3.77. The Morgan fingerprint density at radius 3 is 2.75 bits per heavy atom. The first-order chi connectivity index (χ1) is 7.57. The summed E-state index contributed by atoms with van der Waals surface area (Å²) >= 11 is 4.18. The molecule has 0 radical (unpaired) electrons. The molecular formula is C11H12O4S. The molecule has 2 N–H and O–H groups in total. The number of aliphatic carboxylic acids is 1. The number of rotatable bonds is 5. The molecule has 1 aromatic carbocycles. The molecule has 16 heavy (non-hydrogen) atoms. The average Bonchev–Trinajstić information content (AvgIpc) is 2.26. The minimum Gasteiger partial charge on any atom is -0.479 e. The molecule has 1 aromatic rings. The molecule has 0 aliphatic carbocycles.